The monoisotopic (exact) mass is 288 g/mol. The highest BCUT2D eigenvalue weighted by Gasteiger charge is 2.41. The van der Waals surface area contributed by atoms with Crippen LogP contribution >= 0.6 is 0 Å². The molecule has 1 heterocycles. The van der Waals surface area contributed by atoms with E-state index in [9.17, 15) is 4.79 Å². The van der Waals surface area contributed by atoms with Crippen LogP contribution in [-0.2, 0) is 4.43 Å². The van der Waals surface area contributed by atoms with Crippen molar-refractivity contribution >= 4 is 14.4 Å². The van der Waals surface area contributed by atoms with Gasteiger partial charge in [-0.3, -0.25) is 0 Å². The lowest BCUT2D eigenvalue weighted by atomic mass is 9.96. The van der Waals surface area contributed by atoms with Gasteiger partial charge in [0, 0.05) is 13.1 Å². The number of hydrogen-bond acceptors (Lipinski definition) is 3. The number of nitrogens with two attached hydrogens (primary N) is 1. The van der Waals surface area contributed by atoms with Gasteiger partial charge in [0.25, 0.3) is 0 Å². The number of nitrogens with zero attached hydrogens (tertiary/aromatic N) is 1. The summed E-state index contributed by atoms with van der Waals surface area (Å²) in [6, 6.07) is 0. The lowest BCUT2D eigenvalue weighted by Crippen LogP contribution is -2.53. The molecule has 2 atom stereocenters. The number of hydrogen-bond donors (Lipinski definition) is 2. The van der Waals surface area contributed by atoms with Gasteiger partial charge in [-0.15, -0.1) is 0 Å². The van der Waals surface area contributed by atoms with Crippen molar-refractivity contribution in [3.63, 3.8) is 0 Å². The van der Waals surface area contributed by atoms with Crippen molar-refractivity contribution in [2.75, 3.05) is 19.6 Å². The predicted octanol–water partition coefficient (Wildman–Crippen LogP) is 2.34. The summed E-state index contributed by atoms with van der Waals surface area (Å²) in [4.78, 5) is 12.6. The summed E-state index contributed by atoms with van der Waals surface area (Å²) in [5, 5.41) is 9.30. The second-order valence-corrected chi connectivity index (χ2v) is 11.8. The first-order valence-corrected chi connectivity index (χ1v) is 9.83. The number of piperidine rings is 1. The van der Waals surface area contributed by atoms with Crippen LogP contribution in [-0.4, -0.2) is 50.2 Å². The Hall–Kier alpha value is -0.593. The van der Waals surface area contributed by atoms with Gasteiger partial charge in [-0.25, -0.2) is 4.79 Å². The summed E-state index contributed by atoms with van der Waals surface area (Å²) in [6.45, 7) is 12.5. The van der Waals surface area contributed by atoms with Crippen LogP contribution in [0.5, 0.6) is 0 Å². The smallest absolute Gasteiger partial charge is 0.407 e. The van der Waals surface area contributed by atoms with Gasteiger partial charge in [-0.05, 0) is 37.0 Å². The van der Waals surface area contributed by atoms with Crippen LogP contribution in [0, 0.1) is 5.92 Å². The van der Waals surface area contributed by atoms with Gasteiger partial charge >= 0.3 is 6.09 Å². The second-order valence-electron chi connectivity index (χ2n) is 7.03. The topological polar surface area (TPSA) is 75.8 Å². The number of amides is 1. The molecule has 2 unspecified atom stereocenters. The van der Waals surface area contributed by atoms with Crippen molar-refractivity contribution in [3.8, 4) is 0 Å². The third kappa shape index (κ3) is 4.19. The minimum Gasteiger partial charge on any atom is -0.465 e. The van der Waals surface area contributed by atoms with E-state index < -0.39 is 14.4 Å². The third-order valence-corrected chi connectivity index (χ3v) is 8.91. The Morgan fingerprint density at radius 1 is 1.42 bits per heavy atom. The molecule has 6 heteroatoms. The molecule has 5 nitrogen and oxygen atoms in total. The molecule has 0 saturated carbocycles. The molecule has 0 aromatic carbocycles. The molecule has 3 N–H and O–H groups in total. The number of carbonyl (C=O) groups is 1. The first-order chi connectivity index (χ1) is 8.56. The fraction of sp³-hybridized carbons (Fsp3) is 0.923. The van der Waals surface area contributed by atoms with Crippen molar-refractivity contribution < 1.29 is 14.3 Å². The summed E-state index contributed by atoms with van der Waals surface area (Å²) in [6.07, 6.45) is -0.0199. The molecule has 1 fully saturated rings. The first-order valence-electron chi connectivity index (χ1n) is 6.92. The molecule has 1 aliphatic heterocycles. The van der Waals surface area contributed by atoms with Crippen LogP contribution in [0.3, 0.4) is 0 Å². The maximum atomic E-state index is 11.2. The van der Waals surface area contributed by atoms with E-state index >= 15 is 0 Å². The number of carboxylic acid groups (broad SMARTS) is 1. The molecule has 19 heavy (non-hydrogen) atoms. The summed E-state index contributed by atoms with van der Waals surface area (Å²) in [7, 11) is -1.86. The summed E-state index contributed by atoms with van der Waals surface area (Å²) in [5.41, 5.74) is 5.71. The molecule has 0 radical (unpaired) electrons. The Bertz CT molecular complexity index is 328. The Morgan fingerprint density at radius 2 is 2.00 bits per heavy atom. The zero-order valence-corrected chi connectivity index (χ0v) is 13.8. The minimum absolute atomic E-state index is 0.0145. The van der Waals surface area contributed by atoms with Gasteiger partial charge in [0.05, 0.1) is 6.10 Å². The third-order valence-electron chi connectivity index (χ3n) is 4.37. The summed E-state index contributed by atoms with van der Waals surface area (Å²) in [5.74, 6) is 0.208. The van der Waals surface area contributed by atoms with Gasteiger partial charge in [0.1, 0.15) is 0 Å². The maximum Gasteiger partial charge on any atom is 0.407 e. The molecule has 1 amide bonds. The molecule has 0 spiro atoms. The number of likely N-dealkylation sites (tertiary alicyclic amines) is 1. The second kappa shape index (κ2) is 5.81. The van der Waals surface area contributed by atoms with Gasteiger partial charge < -0.3 is 20.2 Å². The van der Waals surface area contributed by atoms with E-state index in [0.29, 0.717) is 19.6 Å². The molecule has 1 saturated heterocycles. The van der Waals surface area contributed by atoms with Crippen molar-refractivity contribution in [3.05, 3.63) is 0 Å². The van der Waals surface area contributed by atoms with E-state index in [1.54, 1.807) is 0 Å². The first kappa shape index (κ1) is 16.5. The average Bonchev–Trinajstić information content (AvgIpc) is 2.26. The van der Waals surface area contributed by atoms with Crippen LogP contribution in [0.25, 0.3) is 0 Å². The largest absolute Gasteiger partial charge is 0.465 e. The van der Waals surface area contributed by atoms with Crippen LogP contribution in [0.4, 0.5) is 4.79 Å². The van der Waals surface area contributed by atoms with E-state index in [0.717, 1.165) is 6.42 Å². The molecule has 0 aromatic rings. The van der Waals surface area contributed by atoms with Crippen LogP contribution in [0.15, 0.2) is 0 Å². The van der Waals surface area contributed by atoms with Gasteiger partial charge in [0.15, 0.2) is 8.32 Å². The molecule has 0 bridgehead atoms. The Labute approximate surface area is 117 Å². The Kier molecular flexibility index (Phi) is 5.03. The quantitative estimate of drug-likeness (QED) is 0.782. The van der Waals surface area contributed by atoms with E-state index in [4.69, 9.17) is 15.3 Å². The van der Waals surface area contributed by atoms with Crippen molar-refractivity contribution in [1.82, 2.24) is 4.90 Å². The molecule has 112 valence electrons. The SMILES string of the molecule is CC(C)(C)[Si](C)(C)OC1CC(CN)CN(C(=O)O)C1. The van der Waals surface area contributed by atoms with Crippen LogP contribution in [0.1, 0.15) is 27.2 Å². The van der Waals surface area contributed by atoms with Gasteiger partial charge in [0.2, 0.25) is 0 Å². The Balaban J connectivity index is 2.74. The lowest BCUT2D eigenvalue weighted by molar-refractivity contribution is 0.0486. The van der Waals surface area contributed by atoms with E-state index in [1.807, 2.05) is 0 Å². The summed E-state index contributed by atoms with van der Waals surface area (Å²) < 4.78 is 6.33. The normalized spacial score (nSPS) is 25.5. The zero-order chi connectivity index (χ0) is 14.8. The standard InChI is InChI=1S/C13H28N2O3Si/c1-13(2,3)19(4,5)18-11-6-10(7-14)8-15(9-11)12(16)17/h10-11H,6-9,14H2,1-5H3,(H,16,17). The fourth-order valence-corrected chi connectivity index (χ4v) is 3.52. The van der Waals surface area contributed by atoms with Gasteiger partial charge in [-0.1, -0.05) is 20.8 Å². The zero-order valence-electron chi connectivity index (χ0n) is 12.8. The van der Waals surface area contributed by atoms with Crippen LogP contribution < -0.4 is 5.73 Å². The molecular formula is C13H28N2O3Si. The van der Waals surface area contributed by atoms with Crippen molar-refractivity contribution in [1.29, 1.82) is 0 Å². The number of rotatable bonds is 3. The van der Waals surface area contributed by atoms with E-state index in [1.165, 1.54) is 4.90 Å². The lowest BCUT2D eigenvalue weighted by Gasteiger charge is -2.43. The highest BCUT2D eigenvalue weighted by atomic mass is 28.4. The van der Waals surface area contributed by atoms with Crippen molar-refractivity contribution in [2.45, 2.75) is 51.4 Å². The van der Waals surface area contributed by atoms with E-state index in [-0.39, 0.29) is 17.1 Å². The van der Waals surface area contributed by atoms with Crippen LogP contribution in [0.2, 0.25) is 18.1 Å². The molecule has 0 aromatic heterocycles. The molecular weight excluding hydrogens is 260 g/mol. The molecule has 1 rings (SSSR count). The van der Waals surface area contributed by atoms with Crippen molar-refractivity contribution in [2.24, 2.45) is 11.7 Å². The average molecular weight is 288 g/mol. The maximum absolute atomic E-state index is 11.2. The highest BCUT2D eigenvalue weighted by molar-refractivity contribution is 6.74. The minimum atomic E-state index is -1.86. The fourth-order valence-electron chi connectivity index (χ4n) is 2.16. The van der Waals surface area contributed by atoms with E-state index in [2.05, 4.69) is 33.9 Å². The van der Waals surface area contributed by atoms with Gasteiger partial charge in [-0.2, -0.15) is 0 Å². The Morgan fingerprint density at radius 3 is 2.42 bits per heavy atom. The predicted molar refractivity (Wildman–Crippen MR) is 78.8 cm³/mol. The molecule has 1 aliphatic rings. The molecule has 0 aliphatic carbocycles. The summed E-state index contributed by atoms with van der Waals surface area (Å²) >= 11 is 0. The highest BCUT2D eigenvalue weighted by Crippen LogP contribution is 2.38.